The van der Waals surface area contributed by atoms with Gasteiger partial charge in [-0.05, 0) is 49.9 Å². The zero-order valence-corrected chi connectivity index (χ0v) is 15.6. The van der Waals surface area contributed by atoms with Crippen molar-refractivity contribution in [2.45, 2.75) is 37.8 Å². The van der Waals surface area contributed by atoms with Crippen molar-refractivity contribution in [3.63, 3.8) is 0 Å². The van der Waals surface area contributed by atoms with E-state index in [1.54, 1.807) is 12.4 Å². The molecule has 2 N–H and O–H groups in total. The molecule has 0 atom stereocenters. The van der Waals surface area contributed by atoms with Gasteiger partial charge in [0.15, 0.2) is 5.82 Å². The third-order valence-corrected chi connectivity index (χ3v) is 5.09. The number of benzene rings is 1. The monoisotopic (exact) mass is 380 g/mol. The van der Waals surface area contributed by atoms with E-state index in [9.17, 15) is 5.11 Å². The van der Waals surface area contributed by atoms with Gasteiger partial charge in [-0.3, -0.25) is 4.98 Å². The summed E-state index contributed by atoms with van der Waals surface area (Å²) in [7, 11) is 0. The fourth-order valence-electron chi connectivity index (χ4n) is 3.34. The standard InChI is InChI=1S/C21H21ClN4O/c22-16-5-3-14(4-6-16)19-12-20(24-17-7-9-18(27)10-8-17)26-21(25-19)15-2-1-11-23-13-15/h1-6,11-13,17-18,27H,7-10H2,(H,24,25,26)/t17-,18-. The molecule has 5 nitrogen and oxygen atoms in total. The number of anilines is 1. The van der Waals surface area contributed by atoms with Crippen LogP contribution in [0.3, 0.4) is 0 Å². The summed E-state index contributed by atoms with van der Waals surface area (Å²) in [6, 6.07) is 13.7. The Balaban J connectivity index is 1.69. The molecule has 138 valence electrons. The minimum atomic E-state index is -0.177. The predicted molar refractivity (Wildman–Crippen MR) is 108 cm³/mol. The first-order valence-corrected chi connectivity index (χ1v) is 9.55. The van der Waals surface area contributed by atoms with Crippen LogP contribution in [0.1, 0.15) is 25.7 Å². The van der Waals surface area contributed by atoms with Crippen LogP contribution in [0.25, 0.3) is 22.6 Å². The second-order valence-electron chi connectivity index (χ2n) is 6.86. The first-order valence-electron chi connectivity index (χ1n) is 9.17. The van der Waals surface area contributed by atoms with E-state index in [1.807, 2.05) is 42.5 Å². The number of nitrogens with zero attached hydrogens (tertiary/aromatic N) is 3. The first-order chi connectivity index (χ1) is 13.2. The van der Waals surface area contributed by atoms with Crippen molar-refractivity contribution >= 4 is 17.4 Å². The third-order valence-electron chi connectivity index (χ3n) is 4.83. The van der Waals surface area contributed by atoms with Crippen molar-refractivity contribution in [1.82, 2.24) is 15.0 Å². The molecule has 2 aromatic heterocycles. The Hall–Kier alpha value is -2.50. The van der Waals surface area contributed by atoms with E-state index >= 15 is 0 Å². The number of aliphatic hydroxyl groups excluding tert-OH is 1. The predicted octanol–water partition coefficient (Wildman–Crippen LogP) is 4.57. The molecular weight excluding hydrogens is 360 g/mol. The van der Waals surface area contributed by atoms with E-state index in [4.69, 9.17) is 21.6 Å². The number of hydrogen-bond acceptors (Lipinski definition) is 5. The van der Waals surface area contributed by atoms with E-state index in [0.717, 1.165) is 48.3 Å². The number of rotatable bonds is 4. The number of aliphatic hydroxyl groups is 1. The van der Waals surface area contributed by atoms with Gasteiger partial charge in [-0.1, -0.05) is 23.7 Å². The van der Waals surface area contributed by atoms with Gasteiger partial charge < -0.3 is 10.4 Å². The number of halogens is 1. The summed E-state index contributed by atoms with van der Waals surface area (Å²) >= 11 is 6.02. The van der Waals surface area contributed by atoms with Crippen LogP contribution < -0.4 is 5.32 Å². The Labute approximate surface area is 163 Å². The molecule has 1 aliphatic rings. The minimum Gasteiger partial charge on any atom is -0.393 e. The Morgan fingerprint density at radius 2 is 1.74 bits per heavy atom. The molecule has 0 saturated heterocycles. The van der Waals surface area contributed by atoms with Crippen LogP contribution in [0.4, 0.5) is 5.82 Å². The van der Waals surface area contributed by atoms with Gasteiger partial charge in [0.05, 0.1) is 11.8 Å². The highest BCUT2D eigenvalue weighted by Crippen LogP contribution is 2.27. The lowest BCUT2D eigenvalue weighted by Gasteiger charge is -2.26. The van der Waals surface area contributed by atoms with E-state index in [1.165, 1.54) is 0 Å². The van der Waals surface area contributed by atoms with Crippen molar-refractivity contribution in [2.24, 2.45) is 0 Å². The fourth-order valence-corrected chi connectivity index (χ4v) is 3.47. The Kier molecular flexibility index (Phi) is 5.32. The molecule has 4 rings (SSSR count). The van der Waals surface area contributed by atoms with Crippen LogP contribution in [0, 0.1) is 0 Å². The smallest absolute Gasteiger partial charge is 0.163 e. The van der Waals surface area contributed by atoms with Crippen molar-refractivity contribution < 1.29 is 5.11 Å². The van der Waals surface area contributed by atoms with E-state index in [0.29, 0.717) is 16.9 Å². The van der Waals surface area contributed by atoms with Crippen LogP contribution in [0.5, 0.6) is 0 Å². The normalized spacial score (nSPS) is 19.6. The number of nitrogens with one attached hydrogen (secondary N) is 1. The molecule has 0 aliphatic heterocycles. The van der Waals surface area contributed by atoms with Crippen LogP contribution in [0.15, 0.2) is 54.9 Å². The average Bonchev–Trinajstić information content (AvgIpc) is 2.71. The summed E-state index contributed by atoms with van der Waals surface area (Å²) in [5.74, 6) is 1.42. The van der Waals surface area contributed by atoms with E-state index in [2.05, 4.69) is 10.3 Å². The lowest BCUT2D eigenvalue weighted by molar-refractivity contribution is 0.126. The zero-order valence-electron chi connectivity index (χ0n) is 14.8. The SMILES string of the molecule is O[C@H]1CC[C@H](Nc2cc(-c3ccc(Cl)cc3)nc(-c3cccnc3)n2)CC1. The van der Waals surface area contributed by atoms with Gasteiger partial charge in [-0.25, -0.2) is 9.97 Å². The van der Waals surface area contributed by atoms with Gasteiger partial charge in [0.25, 0.3) is 0 Å². The van der Waals surface area contributed by atoms with Crippen LogP contribution in [-0.2, 0) is 0 Å². The molecule has 2 heterocycles. The largest absolute Gasteiger partial charge is 0.393 e. The summed E-state index contributed by atoms with van der Waals surface area (Å²) in [6.07, 6.45) is 6.84. The molecule has 1 aliphatic carbocycles. The zero-order chi connectivity index (χ0) is 18.6. The summed E-state index contributed by atoms with van der Waals surface area (Å²) < 4.78 is 0. The van der Waals surface area contributed by atoms with Gasteiger partial charge >= 0.3 is 0 Å². The highest BCUT2D eigenvalue weighted by molar-refractivity contribution is 6.30. The summed E-state index contributed by atoms with van der Waals surface area (Å²) in [5, 5.41) is 13.9. The van der Waals surface area contributed by atoms with E-state index < -0.39 is 0 Å². The summed E-state index contributed by atoms with van der Waals surface area (Å²) in [5.41, 5.74) is 2.68. The molecular formula is C21H21ClN4O. The lowest BCUT2D eigenvalue weighted by Crippen LogP contribution is -2.28. The second kappa shape index (κ2) is 8.03. The number of pyridine rings is 1. The second-order valence-corrected chi connectivity index (χ2v) is 7.30. The highest BCUT2D eigenvalue weighted by atomic mass is 35.5. The molecule has 0 unspecified atom stereocenters. The maximum atomic E-state index is 9.73. The summed E-state index contributed by atoms with van der Waals surface area (Å²) in [6.45, 7) is 0. The fraction of sp³-hybridized carbons (Fsp3) is 0.286. The van der Waals surface area contributed by atoms with Crippen molar-refractivity contribution in [3.8, 4) is 22.6 Å². The van der Waals surface area contributed by atoms with Gasteiger partial charge in [-0.2, -0.15) is 0 Å². The van der Waals surface area contributed by atoms with Crippen molar-refractivity contribution in [3.05, 3.63) is 59.9 Å². The maximum Gasteiger partial charge on any atom is 0.163 e. The number of aromatic nitrogens is 3. The molecule has 0 spiro atoms. The topological polar surface area (TPSA) is 70.9 Å². The lowest BCUT2D eigenvalue weighted by atomic mass is 9.93. The highest BCUT2D eigenvalue weighted by Gasteiger charge is 2.20. The molecule has 0 radical (unpaired) electrons. The maximum absolute atomic E-state index is 9.73. The van der Waals surface area contributed by atoms with E-state index in [-0.39, 0.29) is 6.10 Å². The molecule has 0 bridgehead atoms. The Morgan fingerprint density at radius 3 is 2.44 bits per heavy atom. The number of hydrogen-bond donors (Lipinski definition) is 2. The molecule has 6 heteroatoms. The average molecular weight is 381 g/mol. The molecule has 1 saturated carbocycles. The quantitative estimate of drug-likeness (QED) is 0.693. The first kappa shape index (κ1) is 17.9. The molecule has 3 aromatic rings. The molecule has 1 aromatic carbocycles. The van der Waals surface area contributed by atoms with Gasteiger partial charge in [0.2, 0.25) is 0 Å². The molecule has 27 heavy (non-hydrogen) atoms. The van der Waals surface area contributed by atoms with Gasteiger partial charge in [0.1, 0.15) is 5.82 Å². The Bertz CT molecular complexity index is 894. The van der Waals surface area contributed by atoms with Gasteiger partial charge in [0, 0.05) is 40.7 Å². The van der Waals surface area contributed by atoms with Crippen molar-refractivity contribution in [1.29, 1.82) is 0 Å². The molecule has 1 fully saturated rings. The van der Waals surface area contributed by atoms with Crippen LogP contribution in [0.2, 0.25) is 5.02 Å². The Morgan fingerprint density at radius 1 is 0.963 bits per heavy atom. The summed E-state index contributed by atoms with van der Waals surface area (Å²) in [4.78, 5) is 13.6. The van der Waals surface area contributed by atoms with Crippen LogP contribution in [-0.4, -0.2) is 32.2 Å². The van der Waals surface area contributed by atoms with Crippen LogP contribution >= 0.6 is 11.6 Å². The van der Waals surface area contributed by atoms with Gasteiger partial charge in [-0.15, -0.1) is 0 Å². The molecule has 0 amide bonds. The minimum absolute atomic E-state index is 0.177. The third kappa shape index (κ3) is 4.43. The van der Waals surface area contributed by atoms with Crippen molar-refractivity contribution in [2.75, 3.05) is 5.32 Å².